The van der Waals surface area contributed by atoms with Gasteiger partial charge in [0.1, 0.15) is 11.4 Å². The number of nitrogens with one attached hydrogen (secondary N) is 1. The topological polar surface area (TPSA) is 88.0 Å². The summed E-state index contributed by atoms with van der Waals surface area (Å²) in [5.74, 6) is 5.98. The van der Waals surface area contributed by atoms with E-state index in [0.29, 0.717) is 39.6 Å². The molecule has 0 unspecified atom stereocenters. The summed E-state index contributed by atoms with van der Waals surface area (Å²) >= 11 is 7.47. The van der Waals surface area contributed by atoms with Crippen molar-refractivity contribution in [1.29, 1.82) is 5.41 Å². The summed E-state index contributed by atoms with van der Waals surface area (Å²) in [5, 5.41) is 12.7. The Kier molecular flexibility index (Phi) is 4.19. The molecule has 1 fully saturated rings. The number of nitrogens with zero attached hydrogens (tertiary/aromatic N) is 3. The molecule has 1 aromatic rings. The molecule has 0 saturated heterocycles. The zero-order chi connectivity index (χ0) is 13.1. The van der Waals surface area contributed by atoms with Gasteiger partial charge in [-0.05, 0) is 31.4 Å². The Hall–Kier alpha value is -1.14. The molecule has 5 nitrogen and oxygen atoms in total. The van der Waals surface area contributed by atoms with E-state index < -0.39 is 0 Å². The van der Waals surface area contributed by atoms with Crippen LogP contribution in [-0.4, -0.2) is 27.6 Å². The van der Waals surface area contributed by atoms with E-state index >= 15 is 0 Å². The molecule has 1 aromatic heterocycles. The van der Waals surface area contributed by atoms with Gasteiger partial charge in [0.15, 0.2) is 5.16 Å². The van der Waals surface area contributed by atoms with Gasteiger partial charge in [-0.3, -0.25) is 0 Å². The van der Waals surface area contributed by atoms with Crippen LogP contribution in [0, 0.1) is 11.3 Å². The van der Waals surface area contributed by atoms with E-state index in [1.54, 1.807) is 0 Å². The third kappa shape index (κ3) is 3.00. The van der Waals surface area contributed by atoms with Crippen LogP contribution in [-0.2, 0) is 0 Å². The van der Waals surface area contributed by atoms with Crippen LogP contribution in [0.2, 0.25) is 5.02 Å². The Bertz CT molecular complexity index is 498. The average molecular weight is 284 g/mol. The Morgan fingerprint density at radius 1 is 1.67 bits per heavy atom. The van der Waals surface area contributed by atoms with Crippen LogP contribution in [0.1, 0.15) is 25.0 Å². The van der Waals surface area contributed by atoms with E-state index in [1.165, 1.54) is 30.8 Å². The van der Waals surface area contributed by atoms with E-state index in [1.807, 2.05) is 6.26 Å². The number of hydrogen-bond donors (Lipinski definition) is 2. The number of halogens is 1. The molecule has 18 heavy (non-hydrogen) atoms. The third-order valence-electron chi connectivity index (χ3n) is 2.73. The predicted molar refractivity (Wildman–Crippen MR) is 74.6 cm³/mol. The second-order valence-electron chi connectivity index (χ2n) is 4.16. The second kappa shape index (κ2) is 5.67. The molecular weight excluding hydrogens is 270 g/mol. The van der Waals surface area contributed by atoms with Crippen molar-refractivity contribution in [3.63, 3.8) is 0 Å². The minimum Gasteiger partial charge on any atom is -0.323 e. The van der Waals surface area contributed by atoms with Crippen molar-refractivity contribution < 1.29 is 0 Å². The fourth-order valence-electron chi connectivity index (χ4n) is 1.60. The maximum atomic E-state index is 8.04. The van der Waals surface area contributed by atoms with Crippen molar-refractivity contribution >= 4 is 34.8 Å². The maximum Gasteiger partial charge on any atom is 0.187 e. The lowest BCUT2D eigenvalue weighted by Crippen LogP contribution is -2.19. The van der Waals surface area contributed by atoms with Crippen LogP contribution in [0.25, 0.3) is 0 Å². The monoisotopic (exact) mass is 283 g/mol. The number of nitrogens with two attached hydrogens (primary N) is 1. The fraction of sp³-hybridized carbons (Fsp3) is 0.455. The lowest BCUT2D eigenvalue weighted by atomic mass is 10.1. The Labute approximate surface area is 115 Å². The Morgan fingerprint density at radius 2 is 2.39 bits per heavy atom. The number of rotatable bonds is 5. The zero-order valence-corrected chi connectivity index (χ0v) is 11.6. The smallest absolute Gasteiger partial charge is 0.187 e. The van der Waals surface area contributed by atoms with Crippen molar-refractivity contribution in [1.82, 2.24) is 9.97 Å². The summed E-state index contributed by atoms with van der Waals surface area (Å²) in [7, 11) is 0. The van der Waals surface area contributed by atoms with Gasteiger partial charge in [-0.1, -0.05) is 23.4 Å². The molecular formula is C11H14ClN5S. The number of aromatic nitrogens is 2. The summed E-state index contributed by atoms with van der Waals surface area (Å²) in [4.78, 5) is 8.34. The molecule has 0 atom stereocenters. The van der Waals surface area contributed by atoms with Crippen LogP contribution < -0.4 is 5.84 Å². The van der Waals surface area contributed by atoms with Gasteiger partial charge < -0.3 is 11.3 Å². The van der Waals surface area contributed by atoms with Crippen molar-refractivity contribution in [3.8, 4) is 0 Å². The number of hydrazone groups is 1. The van der Waals surface area contributed by atoms with Crippen LogP contribution >= 0.6 is 23.4 Å². The molecule has 0 aliphatic heterocycles. The van der Waals surface area contributed by atoms with Gasteiger partial charge in [-0.2, -0.15) is 5.10 Å². The van der Waals surface area contributed by atoms with E-state index in [2.05, 4.69) is 15.1 Å². The minimum absolute atomic E-state index is 0.365. The van der Waals surface area contributed by atoms with Crippen LogP contribution in [0.3, 0.4) is 0 Å². The molecule has 0 radical (unpaired) electrons. The van der Waals surface area contributed by atoms with Crippen LogP contribution in [0.4, 0.5) is 0 Å². The maximum absolute atomic E-state index is 8.04. The van der Waals surface area contributed by atoms with Gasteiger partial charge >= 0.3 is 0 Å². The largest absolute Gasteiger partial charge is 0.323 e. The average Bonchev–Trinajstić information content (AvgIpc) is 3.16. The molecule has 0 bridgehead atoms. The quantitative estimate of drug-likeness (QED) is 0.285. The molecule has 7 heteroatoms. The van der Waals surface area contributed by atoms with Gasteiger partial charge in [-0.15, -0.1) is 0 Å². The molecule has 1 aliphatic carbocycles. The fourth-order valence-corrected chi connectivity index (χ4v) is 2.13. The van der Waals surface area contributed by atoms with Gasteiger partial charge in [0.05, 0.1) is 16.9 Å². The normalized spacial score (nSPS) is 15.8. The highest BCUT2D eigenvalue weighted by molar-refractivity contribution is 7.98. The highest BCUT2D eigenvalue weighted by atomic mass is 35.5. The van der Waals surface area contributed by atoms with Crippen LogP contribution in [0.5, 0.6) is 0 Å². The first-order valence-corrected chi connectivity index (χ1v) is 7.18. The molecule has 1 saturated carbocycles. The van der Waals surface area contributed by atoms with E-state index in [4.69, 9.17) is 22.9 Å². The Morgan fingerprint density at radius 3 is 2.94 bits per heavy atom. The van der Waals surface area contributed by atoms with Crippen molar-refractivity contribution in [2.75, 3.05) is 6.26 Å². The van der Waals surface area contributed by atoms with Gasteiger partial charge in [0, 0.05) is 0 Å². The standard InChI is InChI=1S/C11H14ClN5S/c1-18-11-15-5-7(12)9(16-11)10(17-14)8(13)4-6-2-3-6/h5-6,13H,2-4,14H2,1H3/b13-8?,17-10+. The minimum atomic E-state index is 0.365. The molecule has 1 aliphatic rings. The van der Waals surface area contributed by atoms with E-state index in [0.717, 1.165) is 0 Å². The highest BCUT2D eigenvalue weighted by Gasteiger charge is 2.26. The summed E-state index contributed by atoms with van der Waals surface area (Å²) < 4.78 is 0. The van der Waals surface area contributed by atoms with Crippen molar-refractivity contribution in [2.24, 2.45) is 16.9 Å². The third-order valence-corrected chi connectivity index (χ3v) is 3.57. The summed E-state index contributed by atoms with van der Waals surface area (Å²) in [6, 6.07) is 0. The second-order valence-corrected chi connectivity index (χ2v) is 5.34. The van der Waals surface area contributed by atoms with E-state index in [9.17, 15) is 0 Å². The first-order valence-electron chi connectivity index (χ1n) is 5.58. The molecule has 1 heterocycles. The molecule has 0 spiro atoms. The highest BCUT2D eigenvalue weighted by Crippen LogP contribution is 2.33. The first-order chi connectivity index (χ1) is 8.65. The molecule has 3 N–H and O–H groups in total. The lowest BCUT2D eigenvalue weighted by Gasteiger charge is -2.08. The van der Waals surface area contributed by atoms with Gasteiger partial charge in [-0.25, -0.2) is 9.97 Å². The van der Waals surface area contributed by atoms with Gasteiger partial charge in [0.2, 0.25) is 0 Å². The predicted octanol–water partition coefficient (Wildman–Crippen LogP) is 2.33. The van der Waals surface area contributed by atoms with E-state index in [-0.39, 0.29) is 0 Å². The molecule has 0 amide bonds. The lowest BCUT2D eigenvalue weighted by molar-refractivity contribution is 0.893. The van der Waals surface area contributed by atoms with Crippen LogP contribution in [0.15, 0.2) is 16.5 Å². The summed E-state index contributed by atoms with van der Waals surface area (Å²) in [6.07, 6.45) is 6.43. The number of thioether (sulfide) groups is 1. The van der Waals surface area contributed by atoms with Crippen molar-refractivity contribution in [3.05, 3.63) is 16.9 Å². The molecule has 2 rings (SSSR count). The summed E-state index contributed by atoms with van der Waals surface area (Å²) in [6.45, 7) is 0. The molecule has 0 aromatic carbocycles. The van der Waals surface area contributed by atoms with Crippen molar-refractivity contribution in [2.45, 2.75) is 24.4 Å². The first kappa shape index (κ1) is 13.3. The molecule has 96 valence electrons. The zero-order valence-electron chi connectivity index (χ0n) is 9.98. The Balaban J connectivity index is 2.28. The van der Waals surface area contributed by atoms with Gasteiger partial charge in [0.25, 0.3) is 0 Å². The summed E-state index contributed by atoms with van der Waals surface area (Å²) in [5.41, 5.74) is 1.21. The number of hydrogen-bond acceptors (Lipinski definition) is 6. The SMILES string of the molecule is CSc1ncc(Cl)c(/C(=N/N)C(=N)CC2CC2)n1.